The Balaban J connectivity index is 1.46. The number of hydrogen-bond donors (Lipinski definition) is 2. The fourth-order valence-corrected chi connectivity index (χ4v) is 4.17. The summed E-state index contributed by atoms with van der Waals surface area (Å²) in [6.07, 6.45) is 1.79. The molecule has 0 unspecified atom stereocenters. The van der Waals surface area contributed by atoms with E-state index in [-0.39, 0.29) is 11.8 Å². The van der Waals surface area contributed by atoms with Crippen molar-refractivity contribution in [3.8, 4) is 0 Å². The second kappa shape index (κ2) is 11.2. The van der Waals surface area contributed by atoms with E-state index in [1.54, 1.807) is 0 Å². The van der Waals surface area contributed by atoms with Gasteiger partial charge in [-0.25, -0.2) is 0 Å². The number of nitrogens with one attached hydrogen (secondary N) is 2. The van der Waals surface area contributed by atoms with Crippen molar-refractivity contribution in [2.24, 2.45) is 0 Å². The van der Waals surface area contributed by atoms with E-state index in [9.17, 15) is 9.59 Å². The van der Waals surface area contributed by atoms with E-state index in [0.717, 1.165) is 56.0 Å². The van der Waals surface area contributed by atoms with Gasteiger partial charge in [0.1, 0.15) is 0 Å². The maximum atomic E-state index is 12.7. The Labute approximate surface area is 192 Å². The summed E-state index contributed by atoms with van der Waals surface area (Å²) in [7, 11) is 0. The lowest BCUT2D eigenvalue weighted by Crippen LogP contribution is -2.50. The number of hydrogen-bond acceptors (Lipinski definition) is 4. The number of carbonyl (C=O) groups excluding carboxylic acids is 2. The summed E-state index contributed by atoms with van der Waals surface area (Å²) in [5.41, 5.74) is 6.48. The van der Waals surface area contributed by atoms with Crippen molar-refractivity contribution >= 4 is 23.2 Å². The van der Waals surface area contributed by atoms with Gasteiger partial charge in [-0.1, -0.05) is 44.2 Å². The fraction of sp³-hybridized carbons (Fsp3) is 0.462. The van der Waals surface area contributed by atoms with E-state index in [4.69, 9.17) is 0 Å². The molecular weight excluding hydrogens is 400 g/mol. The van der Waals surface area contributed by atoms with Gasteiger partial charge in [0.05, 0.1) is 13.1 Å². The molecule has 0 aliphatic carbocycles. The van der Waals surface area contributed by atoms with Gasteiger partial charge in [-0.3, -0.25) is 19.4 Å². The Morgan fingerprint density at radius 3 is 1.81 bits per heavy atom. The van der Waals surface area contributed by atoms with Gasteiger partial charge in [0.2, 0.25) is 11.8 Å². The largest absolute Gasteiger partial charge is 0.325 e. The number of benzene rings is 2. The third-order valence-electron chi connectivity index (χ3n) is 6.34. The maximum Gasteiger partial charge on any atom is 0.238 e. The smallest absolute Gasteiger partial charge is 0.238 e. The van der Waals surface area contributed by atoms with Crippen molar-refractivity contribution in [1.29, 1.82) is 0 Å². The fourth-order valence-electron chi connectivity index (χ4n) is 4.17. The van der Waals surface area contributed by atoms with E-state index in [0.29, 0.717) is 13.1 Å². The quantitative estimate of drug-likeness (QED) is 0.663. The topological polar surface area (TPSA) is 64.7 Å². The van der Waals surface area contributed by atoms with Crippen molar-refractivity contribution in [2.45, 2.75) is 40.5 Å². The van der Waals surface area contributed by atoms with Gasteiger partial charge in [-0.05, 0) is 55.0 Å². The van der Waals surface area contributed by atoms with Crippen LogP contribution in [0.3, 0.4) is 0 Å². The number of piperazine rings is 1. The highest BCUT2D eigenvalue weighted by Crippen LogP contribution is 2.22. The number of para-hydroxylation sites is 1. The van der Waals surface area contributed by atoms with Crippen LogP contribution < -0.4 is 10.6 Å². The number of amides is 2. The minimum atomic E-state index is 0.00756. The summed E-state index contributed by atoms with van der Waals surface area (Å²) in [5, 5.41) is 6.18. The van der Waals surface area contributed by atoms with Crippen LogP contribution in [0.2, 0.25) is 0 Å². The molecule has 1 fully saturated rings. The molecule has 0 spiro atoms. The SMILES string of the molecule is CCc1cccc(CC)c1NC(=O)CN1CCN(CC(=O)Nc2cccc(C)c2C)CC1. The van der Waals surface area contributed by atoms with Crippen molar-refractivity contribution in [3.05, 3.63) is 58.7 Å². The van der Waals surface area contributed by atoms with E-state index < -0.39 is 0 Å². The third-order valence-corrected chi connectivity index (χ3v) is 6.34. The normalized spacial score (nSPS) is 14.9. The van der Waals surface area contributed by atoms with Gasteiger partial charge in [0.15, 0.2) is 0 Å². The molecule has 32 heavy (non-hydrogen) atoms. The Kier molecular flexibility index (Phi) is 8.42. The van der Waals surface area contributed by atoms with Crippen LogP contribution >= 0.6 is 0 Å². The van der Waals surface area contributed by atoms with Gasteiger partial charge < -0.3 is 10.6 Å². The average molecular weight is 437 g/mol. The lowest BCUT2D eigenvalue weighted by atomic mass is 10.0. The molecule has 172 valence electrons. The van der Waals surface area contributed by atoms with E-state index >= 15 is 0 Å². The Hall–Kier alpha value is -2.70. The molecular formula is C26H36N4O2. The first-order valence-corrected chi connectivity index (χ1v) is 11.6. The summed E-state index contributed by atoms with van der Waals surface area (Å²) < 4.78 is 0. The first-order valence-electron chi connectivity index (χ1n) is 11.6. The van der Waals surface area contributed by atoms with E-state index in [1.165, 1.54) is 16.7 Å². The van der Waals surface area contributed by atoms with Crippen LogP contribution in [0.15, 0.2) is 36.4 Å². The molecule has 2 aromatic rings. The molecule has 0 aromatic heterocycles. The van der Waals surface area contributed by atoms with E-state index in [2.05, 4.69) is 52.5 Å². The highest BCUT2D eigenvalue weighted by molar-refractivity contribution is 5.94. The second-order valence-corrected chi connectivity index (χ2v) is 8.55. The number of rotatable bonds is 8. The Morgan fingerprint density at radius 2 is 1.28 bits per heavy atom. The van der Waals surface area contributed by atoms with Crippen LogP contribution in [-0.2, 0) is 22.4 Å². The van der Waals surface area contributed by atoms with Crippen molar-refractivity contribution in [3.63, 3.8) is 0 Å². The molecule has 1 heterocycles. The predicted octanol–water partition coefficient (Wildman–Crippen LogP) is 3.62. The van der Waals surface area contributed by atoms with Crippen LogP contribution in [-0.4, -0.2) is 60.9 Å². The highest BCUT2D eigenvalue weighted by Gasteiger charge is 2.21. The summed E-state index contributed by atoms with van der Waals surface area (Å²) in [4.78, 5) is 29.5. The van der Waals surface area contributed by atoms with Crippen LogP contribution in [0, 0.1) is 13.8 Å². The molecule has 6 nitrogen and oxygen atoms in total. The molecule has 1 aliphatic heterocycles. The molecule has 1 saturated heterocycles. The molecule has 0 atom stereocenters. The van der Waals surface area contributed by atoms with Crippen molar-refractivity contribution in [1.82, 2.24) is 9.80 Å². The molecule has 6 heteroatoms. The van der Waals surface area contributed by atoms with E-state index in [1.807, 2.05) is 32.0 Å². The molecule has 0 bridgehead atoms. The first kappa shape index (κ1) is 24.0. The van der Waals surface area contributed by atoms with Crippen LogP contribution in [0.5, 0.6) is 0 Å². The molecule has 0 saturated carbocycles. The minimum absolute atomic E-state index is 0.00756. The summed E-state index contributed by atoms with van der Waals surface area (Å²) in [5.74, 6) is 0.0369. The van der Waals surface area contributed by atoms with Crippen LogP contribution in [0.1, 0.15) is 36.1 Å². The minimum Gasteiger partial charge on any atom is -0.325 e. The predicted molar refractivity (Wildman–Crippen MR) is 131 cm³/mol. The van der Waals surface area contributed by atoms with Gasteiger partial charge in [-0.2, -0.15) is 0 Å². The summed E-state index contributed by atoms with van der Waals surface area (Å²) >= 11 is 0. The van der Waals surface area contributed by atoms with Crippen LogP contribution in [0.4, 0.5) is 11.4 Å². The monoisotopic (exact) mass is 436 g/mol. The zero-order valence-electron chi connectivity index (χ0n) is 19.8. The van der Waals surface area contributed by atoms with Gasteiger partial charge in [0.25, 0.3) is 0 Å². The molecule has 3 rings (SSSR count). The van der Waals surface area contributed by atoms with Gasteiger partial charge in [0, 0.05) is 37.6 Å². The number of anilines is 2. The zero-order valence-corrected chi connectivity index (χ0v) is 19.8. The zero-order chi connectivity index (χ0) is 23.1. The van der Waals surface area contributed by atoms with Gasteiger partial charge >= 0.3 is 0 Å². The summed E-state index contributed by atoms with van der Waals surface area (Å²) in [6.45, 7) is 12.2. The third kappa shape index (κ3) is 6.17. The first-order chi connectivity index (χ1) is 15.4. The van der Waals surface area contributed by atoms with Crippen LogP contribution in [0.25, 0.3) is 0 Å². The van der Waals surface area contributed by atoms with Gasteiger partial charge in [-0.15, -0.1) is 0 Å². The molecule has 2 amide bonds. The number of carbonyl (C=O) groups is 2. The number of aryl methyl sites for hydroxylation is 3. The van der Waals surface area contributed by atoms with Crippen molar-refractivity contribution < 1.29 is 9.59 Å². The molecule has 2 N–H and O–H groups in total. The summed E-state index contributed by atoms with van der Waals surface area (Å²) in [6, 6.07) is 12.2. The number of nitrogens with zero attached hydrogens (tertiary/aromatic N) is 2. The molecule has 1 aliphatic rings. The second-order valence-electron chi connectivity index (χ2n) is 8.55. The lowest BCUT2D eigenvalue weighted by molar-refractivity contribution is -0.120. The molecule has 2 aromatic carbocycles. The van der Waals surface area contributed by atoms with Crippen molar-refractivity contribution in [2.75, 3.05) is 49.9 Å². The lowest BCUT2D eigenvalue weighted by Gasteiger charge is -2.34. The Bertz CT molecular complexity index is 927. The molecule has 0 radical (unpaired) electrons. The maximum absolute atomic E-state index is 12.7. The standard InChI is InChI=1S/C26H36N4O2/c1-5-21-10-8-11-22(6-2)26(21)28-25(32)18-30-15-13-29(14-16-30)17-24(31)27-23-12-7-9-19(3)20(23)4/h7-12H,5-6,13-18H2,1-4H3,(H,27,31)(H,28,32). The Morgan fingerprint density at radius 1 is 0.781 bits per heavy atom. The average Bonchev–Trinajstić information content (AvgIpc) is 2.78. The highest BCUT2D eigenvalue weighted by atomic mass is 16.2.